The number of anilines is 1. The van der Waals surface area contributed by atoms with Crippen LogP contribution in [0.3, 0.4) is 0 Å². The van der Waals surface area contributed by atoms with E-state index in [1.54, 1.807) is 16.3 Å². The van der Waals surface area contributed by atoms with Gasteiger partial charge in [-0.3, -0.25) is 4.99 Å². The molecule has 3 aliphatic carbocycles. The van der Waals surface area contributed by atoms with Gasteiger partial charge in [0, 0.05) is 35.7 Å². The molecule has 2 aromatic rings. The summed E-state index contributed by atoms with van der Waals surface area (Å²) < 4.78 is 0. The molecule has 6 atom stereocenters. The average molecular weight is 564 g/mol. The fourth-order valence-corrected chi connectivity index (χ4v) is 13.0. The maximum Gasteiger partial charge on any atom is 0.136 e. The zero-order valence-corrected chi connectivity index (χ0v) is 25.4. The number of nitrogens with zero attached hydrogens (tertiary/aromatic N) is 3. The van der Waals surface area contributed by atoms with Gasteiger partial charge < -0.3 is 4.90 Å². The molecule has 3 heterocycles. The van der Waals surface area contributed by atoms with E-state index in [0.717, 1.165) is 19.3 Å². The minimum absolute atomic E-state index is 0.213. The van der Waals surface area contributed by atoms with E-state index in [-0.39, 0.29) is 5.92 Å². The Morgan fingerprint density at radius 2 is 1.81 bits per heavy atom. The first-order chi connectivity index (χ1) is 20.5. The van der Waals surface area contributed by atoms with Crippen molar-refractivity contribution in [3.63, 3.8) is 0 Å². The SMILES string of the molecule is C[Si]1(C)c2c(ccc3c2C2C=CC=CC2N3C2CCC=C(c3cccc(C4C=C(C#N)N=CC4)c3)C2)C2C=CC=CC21. The van der Waals surface area contributed by atoms with Crippen LogP contribution in [0.15, 0.2) is 108 Å². The fourth-order valence-electron chi connectivity index (χ4n) is 8.87. The summed E-state index contributed by atoms with van der Waals surface area (Å²) in [5.41, 5.74) is 9.97. The maximum atomic E-state index is 9.37. The normalized spacial score (nSPS) is 31.1. The predicted octanol–water partition coefficient (Wildman–Crippen LogP) is 8.20. The highest BCUT2D eigenvalue weighted by atomic mass is 28.3. The molecule has 8 rings (SSSR count). The second kappa shape index (κ2) is 9.82. The third-order valence-corrected chi connectivity index (χ3v) is 14.8. The molecule has 2 aromatic carbocycles. The van der Waals surface area contributed by atoms with Crippen molar-refractivity contribution in [2.75, 3.05) is 4.90 Å². The summed E-state index contributed by atoms with van der Waals surface area (Å²) in [5.74, 6) is 1.19. The van der Waals surface area contributed by atoms with E-state index in [1.807, 2.05) is 12.3 Å². The standard InChI is InChI=1S/C38H37N3Si/c1-42(2)36-16-6-4-13-31(36)32-17-18-35-37(38(32)42)33-14-3-5-15-34(33)41(35)30-12-8-11-27(23-30)25-9-7-10-26(21-25)28-19-20-40-29(22-28)24-39/h3-7,9-11,13-18,20-22,28,30-31,33-34,36H,8,12,19,23H2,1-2H3. The van der Waals surface area contributed by atoms with Crippen molar-refractivity contribution < 1.29 is 0 Å². The van der Waals surface area contributed by atoms with Crippen LogP contribution in [0.5, 0.6) is 0 Å². The molecule has 3 nitrogen and oxygen atoms in total. The molecule has 0 saturated heterocycles. The molecule has 0 radical (unpaired) electrons. The van der Waals surface area contributed by atoms with Crippen molar-refractivity contribution in [3.05, 3.63) is 125 Å². The van der Waals surface area contributed by atoms with Crippen molar-refractivity contribution >= 4 is 30.7 Å². The summed E-state index contributed by atoms with van der Waals surface area (Å²) >= 11 is 0. The minimum Gasteiger partial charge on any atom is -0.361 e. The fraction of sp³-hybridized carbons (Fsp3) is 0.316. The number of hydrogen-bond acceptors (Lipinski definition) is 3. The number of benzene rings is 2. The first-order valence-corrected chi connectivity index (χ1v) is 18.7. The van der Waals surface area contributed by atoms with Crippen molar-refractivity contribution in [2.45, 2.75) is 74.2 Å². The molecule has 4 heteroatoms. The van der Waals surface area contributed by atoms with Crippen molar-refractivity contribution in [1.29, 1.82) is 5.26 Å². The number of fused-ring (bicyclic) bond motifs is 7. The monoisotopic (exact) mass is 563 g/mol. The summed E-state index contributed by atoms with van der Waals surface area (Å²) in [6, 6.07) is 17.1. The first kappa shape index (κ1) is 25.7. The highest BCUT2D eigenvalue weighted by Crippen LogP contribution is 2.54. The van der Waals surface area contributed by atoms with Gasteiger partial charge in [0.25, 0.3) is 0 Å². The molecule has 6 aliphatic rings. The van der Waals surface area contributed by atoms with Gasteiger partial charge in [-0.15, -0.1) is 0 Å². The van der Waals surface area contributed by atoms with Crippen molar-refractivity contribution in [2.24, 2.45) is 4.99 Å². The lowest BCUT2D eigenvalue weighted by atomic mass is 9.85. The summed E-state index contributed by atoms with van der Waals surface area (Å²) in [6.07, 6.45) is 29.6. The molecule has 208 valence electrons. The smallest absolute Gasteiger partial charge is 0.136 e. The van der Waals surface area contributed by atoms with E-state index in [0.29, 0.717) is 35.2 Å². The summed E-state index contributed by atoms with van der Waals surface area (Å²) in [6.45, 7) is 5.23. The molecular weight excluding hydrogens is 527 g/mol. The first-order valence-electron chi connectivity index (χ1n) is 15.6. The van der Waals surface area contributed by atoms with Crippen LogP contribution in [0.2, 0.25) is 18.6 Å². The topological polar surface area (TPSA) is 39.4 Å². The molecule has 0 amide bonds. The van der Waals surface area contributed by atoms with E-state index >= 15 is 0 Å². The molecule has 3 aliphatic heterocycles. The molecule has 42 heavy (non-hydrogen) atoms. The lowest BCUT2D eigenvalue weighted by Gasteiger charge is -2.38. The van der Waals surface area contributed by atoms with Crippen LogP contribution < -0.4 is 10.1 Å². The number of nitriles is 1. The predicted molar refractivity (Wildman–Crippen MR) is 177 cm³/mol. The van der Waals surface area contributed by atoms with Crippen LogP contribution >= 0.6 is 0 Å². The molecule has 0 saturated carbocycles. The van der Waals surface area contributed by atoms with Gasteiger partial charge in [0.15, 0.2) is 0 Å². The Kier molecular flexibility index (Phi) is 6.02. The number of aliphatic imine (C=N–C) groups is 1. The lowest BCUT2D eigenvalue weighted by molar-refractivity contribution is 0.518. The molecule has 0 N–H and O–H groups in total. The van der Waals surface area contributed by atoms with Crippen LogP contribution in [-0.4, -0.2) is 26.4 Å². The Labute approximate surface area is 250 Å². The molecular formula is C38H37N3Si. The van der Waals surface area contributed by atoms with Gasteiger partial charge in [-0.05, 0) is 76.4 Å². The van der Waals surface area contributed by atoms with Gasteiger partial charge in [0.1, 0.15) is 11.8 Å². The molecule has 0 aromatic heterocycles. The van der Waals surface area contributed by atoms with Crippen LogP contribution in [0.1, 0.15) is 65.7 Å². The van der Waals surface area contributed by atoms with E-state index in [1.165, 1.54) is 28.8 Å². The second-order valence-corrected chi connectivity index (χ2v) is 17.9. The largest absolute Gasteiger partial charge is 0.361 e. The highest BCUT2D eigenvalue weighted by Gasteiger charge is 2.52. The number of hydrogen-bond donors (Lipinski definition) is 0. The maximum absolute atomic E-state index is 9.37. The zero-order valence-electron chi connectivity index (χ0n) is 24.4. The Hall–Kier alpha value is -3.94. The average Bonchev–Trinajstić information content (AvgIpc) is 3.50. The molecule has 0 bridgehead atoms. The quantitative estimate of drug-likeness (QED) is 0.353. The summed E-state index contributed by atoms with van der Waals surface area (Å²) in [4.78, 5) is 7.05. The minimum atomic E-state index is -1.70. The highest BCUT2D eigenvalue weighted by molar-refractivity contribution is 6.93. The van der Waals surface area contributed by atoms with E-state index in [2.05, 4.69) is 120 Å². The zero-order chi connectivity index (χ0) is 28.4. The van der Waals surface area contributed by atoms with Gasteiger partial charge in [0.05, 0.1) is 14.1 Å². The Balaban J connectivity index is 1.15. The van der Waals surface area contributed by atoms with E-state index in [4.69, 9.17) is 0 Å². The molecule has 0 fully saturated rings. The van der Waals surface area contributed by atoms with E-state index < -0.39 is 8.07 Å². The van der Waals surface area contributed by atoms with Gasteiger partial charge in [0.2, 0.25) is 0 Å². The Morgan fingerprint density at radius 1 is 0.976 bits per heavy atom. The molecule has 0 spiro atoms. The lowest BCUT2D eigenvalue weighted by Crippen LogP contribution is -2.44. The van der Waals surface area contributed by atoms with Crippen molar-refractivity contribution in [1.82, 2.24) is 0 Å². The van der Waals surface area contributed by atoms with Gasteiger partial charge in [-0.25, -0.2) is 0 Å². The van der Waals surface area contributed by atoms with Crippen molar-refractivity contribution in [3.8, 4) is 6.07 Å². The van der Waals surface area contributed by atoms with Gasteiger partial charge >= 0.3 is 0 Å². The summed E-state index contributed by atoms with van der Waals surface area (Å²) in [7, 11) is -1.70. The Morgan fingerprint density at radius 3 is 2.69 bits per heavy atom. The second-order valence-electron chi connectivity index (χ2n) is 13.3. The third kappa shape index (κ3) is 3.87. The van der Waals surface area contributed by atoms with Crippen LogP contribution in [-0.2, 0) is 0 Å². The molecule has 6 unspecified atom stereocenters. The number of rotatable bonds is 3. The van der Waals surface area contributed by atoms with Crippen LogP contribution in [0.4, 0.5) is 5.69 Å². The van der Waals surface area contributed by atoms with Crippen LogP contribution in [0, 0.1) is 11.3 Å². The van der Waals surface area contributed by atoms with Crippen LogP contribution in [0.25, 0.3) is 5.57 Å². The van der Waals surface area contributed by atoms with E-state index in [9.17, 15) is 5.26 Å². The summed E-state index contributed by atoms with van der Waals surface area (Å²) in [5, 5.41) is 11.1. The number of allylic oxidation sites excluding steroid dienone is 9. The Bertz CT molecular complexity index is 1720. The van der Waals surface area contributed by atoms with Gasteiger partial charge in [-0.1, -0.05) is 98.1 Å². The third-order valence-electron chi connectivity index (χ3n) is 10.8. The van der Waals surface area contributed by atoms with Gasteiger partial charge in [-0.2, -0.15) is 5.26 Å².